The van der Waals surface area contributed by atoms with E-state index in [1.54, 1.807) is 18.3 Å². The normalized spacial score (nSPS) is 10.7. The maximum atomic E-state index is 10.2. The number of aryl methyl sites for hydroxylation is 1. The van der Waals surface area contributed by atoms with E-state index in [-0.39, 0.29) is 11.6 Å². The smallest absolute Gasteiger partial charge is 0.262 e. The van der Waals surface area contributed by atoms with Crippen molar-refractivity contribution in [1.82, 2.24) is 15.1 Å². The minimum Gasteiger partial charge on any atom is -0.507 e. The van der Waals surface area contributed by atoms with Crippen LogP contribution in [0.1, 0.15) is 5.56 Å². The molecule has 0 saturated heterocycles. The van der Waals surface area contributed by atoms with Crippen LogP contribution in [0.25, 0.3) is 23.0 Å². The largest absolute Gasteiger partial charge is 0.507 e. The summed E-state index contributed by atoms with van der Waals surface area (Å²) in [4.78, 5) is 10.5. The maximum Gasteiger partial charge on any atom is 0.262 e. The molecule has 6 nitrogen and oxygen atoms in total. The third kappa shape index (κ3) is 2.50. The molecule has 0 aliphatic rings. The van der Waals surface area contributed by atoms with E-state index in [4.69, 9.17) is 4.52 Å². The Morgan fingerprint density at radius 1 is 1.18 bits per heavy atom. The molecule has 2 aromatic heterocycles. The van der Waals surface area contributed by atoms with E-state index in [1.165, 1.54) is 0 Å². The second kappa shape index (κ2) is 5.48. The molecule has 0 aliphatic heterocycles. The Morgan fingerprint density at radius 3 is 2.68 bits per heavy atom. The average Bonchev–Trinajstić information content (AvgIpc) is 2.97. The molecule has 3 aromatic rings. The molecule has 0 spiro atoms. The van der Waals surface area contributed by atoms with Gasteiger partial charge in [-0.05, 0) is 30.7 Å². The van der Waals surface area contributed by atoms with Gasteiger partial charge in [0.05, 0.1) is 5.56 Å². The van der Waals surface area contributed by atoms with E-state index in [0.717, 1.165) is 11.3 Å². The number of phenols is 1. The summed E-state index contributed by atoms with van der Waals surface area (Å²) in [5.41, 5.74) is 3.02. The fourth-order valence-corrected chi connectivity index (χ4v) is 2.13. The molecule has 0 fully saturated rings. The molecule has 6 heteroatoms. The van der Waals surface area contributed by atoms with Gasteiger partial charge in [-0.2, -0.15) is 4.98 Å². The van der Waals surface area contributed by atoms with Gasteiger partial charge in [0.15, 0.2) is 0 Å². The third-order valence-electron chi connectivity index (χ3n) is 3.38. The number of aromatic nitrogens is 3. The zero-order valence-electron chi connectivity index (χ0n) is 12.6. The number of anilines is 1. The van der Waals surface area contributed by atoms with Crippen molar-refractivity contribution in [3.63, 3.8) is 0 Å². The Balaban J connectivity index is 2.00. The van der Waals surface area contributed by atoms with E-state index >= 15 is 0 Å². The van der Waals surface area contributed by atoms with Gasteiger partial charge in [0.1, 0.15) is 11.4 Å². The lowest BCUT2D eigenvalue weighted by molar-refractivity contribution is 0.425. The summed E-state index contributed by atoms with van der Waals surface area (Å²) < 4.78 is 5.27. The number of pyridine rings is 1. The molecule has 0 atom stereocenters. The standard InChI is InChI=1S/C16H16N4O2/c1-10-5-4-8-17-14(10)15-18-16(22-19-15)12-7-6-11(20(2)3)9-13(12)21/h4-9,21H,1-3H3. The zero-order valence-corrected chi connectivity index (χ0v) is 12.6. The summed E-state index contributed by atoms with van der Waals surface area (Å²) in [7, 11) is 3.81. The fraction of sp³-hybridized carbons (Fsp3) is 0.188. The predicted octanol–water partition coefficient (Wildman–Crippen LogP) is 2.88. The van der Waals surface area contributed by atoms with Gasteiger partial charge in [0, 0.05) is 32.0 Å². The predicted molar refractivity (Wildman–Crippen MR) is 83.7 cm³/mol. The number of aromatic hydroxyl groups is 1. The first kappa shape index (κ1) is 14.1. The lowest BCUT2D eigenvalue weighted by Gasteiger charge is -2.13. The van der Waals surface area contributed by atoms with E-state index in [2.05, 4.69) is 15.1 Å². The molecule has 1 aromatic carbocycles. The molecule has 3 rings (SSSR count). The summed E-state index contributed by atoms with van der Waals surface area (Å²) in [6.45, 7) is 1.93. The first-order valence-corrected chi connectivity index (χ1v) is 6.82. The summed E-state index contributed by atoms with van der Waals surface area (Å²) in [6.07, 6.45) is 1.68. The van der Waals surface area contributed by atoms with E-state index < -0.39 is 0 Å². The molecule has 0 unspecified atom stereocenters. The Kier molecular flexibility index (Phi) is 3.50. The molecule has 0 saturated carbocycles. The summed E-state index contributed by atoms with van der Waals surface area (Å²) in [5.74, 6) is 0.770. The molecule has 112 valence electrons. The highest BCUT2D eigenvalue weighted by Crippen LogP contribution is 2.32. The Labute approximate surface area is 128 Å². The van der Waals surface area contributed by atoms with Crippen LogP contribution in [0.4, 0.5) is 5.69 Å². The number of rotatable bonds is 3. The molecule has 0 amide bonds. The van der Waals surface area contributed by atoms with Gasteiger partial charge >= 0.3 is 0 Å². The van der Waals surface area contributed by atoms with Gasteiger partial charge in [-0.3, -0.25) is 4.98 Å². The van der Waals surface area contributed by atoms with Gasteiger partial charge in [-0.1, -0.05) is 11.2 Å². The van der Waals surface area contributed by atoms with Crippen LogP contribution in [0.2, 0.25) is 0 Å². The highest BCUT2D eigenvalue weighted by molar-refractivity contribution is 5.68. The van der Waals surface area contributed by atoms with Crippen molar-refractivity contribution < 1.29 is 9.63 Å². The quantitative estimate of drug-likeness (QED) is 0.801. The van der Waals surface area contributed by atoms with Crippen molar-refractivity contribution >= 4 is 5.69 Å². The van der Waals surface area contributed by atoms with Crippen molar-refractivity contribution in [1.29, 1.82) is 0 Å². The molecule has 0 bridgehead atoms. The third-order valence-corrected chi connectivity index (χ3v) is 3.38. The average molecular weight is 296 g/mol. The van der Waals surface area contributed by atoms with Crippen LogP contribution in [-0.4, -0.2) is 34.3 Å². The highest BCUT2D eigenvalue weighted by Gasteiger charge is 2.16. The second-order valence-corrected chi connectivity index (χ2v) is 5.19. The van der Waals surface area contributed by atoms with Crippen LogP contribution in [0, 0.1) is 6.92 Å². The maximum absolute atomic E-state index is 10.2. The van der Waals surface area contributed by atoms with E-state index in [0.29, 0.717) is 17.1 Å². The lowest BCUT2D eigenvalue weighted by atomic mass is 10.1. The van der Waals surface area contributed by atoms with Crippen LogP contribution in [-0.2, 0) is 0 Å². The first-order valence-electron chi connectivity index (χ1n) is 6.82. The number of hydrogen-bond donors (Lipinski definition) is 1. The zero-order chi connectivity index (χ0) is 15.7. The minimum absolute atomic E-state index is 0.0964. The van der Waals surface area contributed by atoms with E-state index in [9.17, 15) is 5.11 Å². The molecular formula is C16H16N4O2. The van der Waals surface area contributed by atoms with Crippen molar-refractivity contribution in [3.05, 3.63) is 42.1 Å². The van der Waals surface area contributed by atoms with Crippen LogP contribution in [0.3, 0.4) is 0 Å². The van der Waals surface area contributed by atoms with Gasteiger partial charge in [0.2, 0.25) is 5.82 Å². The van der Waals surface area contributed by atoms with Gasteiger partial charge < -0.3 is 14.5 Å². The van der Waals surface area contributed by atoms with Crippen molar-refractivity contribution in [2.75, 3.05) is 19.0 Å². The van der Waals surface area contributed by atoms with Gasteiger partial charge in [0.25, 0.3) is 5.89 Å². The molecule has 2 heterocycles. The second-order valence-electron chi connectivity index (χ2n) is 5.19. The van der Waals surface area contributed by atoms with Gasteiger partial charge in [-0.25, -0.2) is 0 Å². The minimum atomic E-state index is 0.0964. The van der Waals surface area contributed by atoms with Crippen LogP contribution >= 0.6 is 0 Å². The first-order chi connectivity index (χ1) is 10.6. The molecule has 0 radical (unpaired) electrons. The number of phenolic OH excluding ortho intramolecular Hbond substituents is 1. The van der Waals surface area contributed by atoms with Crippen molar-refractivity contribution in [2.24, 2.45) is 0 Å². The van der Waals surface area contributed by atoms with Gasteiger partial charge in [-0.15, -0.1) is 0 Å². The summed E-state index contributed by atoms with van der Waals surface area (Å²) in [6, 6.07) is 9.08. The SMILES string of the molecule is Cc1cccnc1-c1noc(-c2ccc(N(C)C)cc2O)n1. The number of hydrogen-bond acceptors (Lipinski definition) is 6. The van der Waals surface area contributed by atoms with Crippen molar-refractivity contribution in [3.8, 4) is 28.7 Å². The fourth-order valence-electron chi connectivity index (χ4n) is 2.13. The van der Waals surface area contributed by atoms with Crippen LogP contribution < -0.4 is 4.90 Å². The number of benzene rings is 1. The topological polar surface area (TPSA) is 75.3 Å². The molecule has 22 heavy (non-hydrogen) atoms. The van der Waals surface area contributed by atoms with E-state index in [1.807, 2.05) is 44.1 Å². The monoisotopic (exact) mass is 296 g/mol. The lowest BCUT2D eigenvalue weighted by Crippen LogP contribution is -2.08. The highest BCUT2D eigenvalue weighted by atomic mass is 16.5. The Hall–Kier alpha value is -2.89. The summed E-state index contributed by atoms with van der Waals surface area (Å²) >= 11 is 0. The Bertz CT molecular complexity index is 811. The van der Waals surface area contributed by atoms with Crippen LogP contribution in [0.5, 0.6) is 5.75 Å². The van der Waals surface area contributed by atoms with Crippen molar-refractivity contribution in [2.45, 2.75) is 6.92 Å². The summed E-state index contributed by atoms with van der Waals surface area (Å²) in [5, 5.41) is 14.1. The molecule has 0 aliphatic carbocycles. The number of nitrogens with zero attached hydrogens (tertiary/aromatic N) is 4. The molecular weight excluding hydrogens is 280 g/mol. The Morgan fingerprint density at radius 2 is 2.00 bits per heavy atom. The molecule has 1 N–H and O–H groups in total. The van der Waals surface area contributed by atoms with Crippen LogP contribution in [0.15, 0.2) is 41.1 Å².